The molecule has 0 bridgehead atoms. The molecule has 0 aliphatic heterocycles. The van der Waals surface area contributed by atoms with Crippen molar-refractivity contribution in [2.75, 3.05) is 26.9 Å². The molecule has 100 valence electrons. The first-order valence-electron chi connectivity index (χ1n) is 5.27. The molecule has 0 saturated heterocycles. The van der Waals surface area contributed by atoms with E-state index in [0.717, 1.165) is 0 Å². The van der Waals surface area contributed by atoms with E-state index in [-0.39, 0.29) is 25.8 Å². The zero-order valence-electron chi connectivity index (χ0n) is 10.7. The molecule has 0 saturated carbocycles. The molecule has 6 heteroatoms. The third kappa shape index (κ3) is 6.23. The maximum Gasteiger partial charge on any atom is 0.313 e. The highest BCUT2D eigenvalue weighted by Gasteiger charge is 2.29. The van der Waals surface area contributed by atoms with Gasteiger partial charge in [0.15, 0.2) is 0 Å². The smallest absolute Gasteiger partial charge is 0.313 e. The Kier molecular flexibility index (Phi) is 6.75. The summed E-state index contributed by atoms with van der Waals surface area (Å²) in [6, 6.07) is 0. The minimum absolute atomic E-state index is 0.0382. The minimum Gasteiger partial charge on any atom is -0.469 e. The summed E-state index contributed by atoms with van der Waals surface area (Å²) >= 11 is 0. The highest BCUT2D eigenvalue weighted by atomic mass is 16.6. The first kappa shape index (κ1) is 15.9. The van der Waals surface area contributed by atoms with Crippen LogP contribution in [0.2, 0.25) is 0 Å². The summed E-state index contributed by atoms with van der Waals surface area (Å²) in [5, 5.41) is 8.91. The lowest BCUT2D eigenvalue weighted by molar-refractivity contribution is -0.159. The second kappa shape index (κ2) is 7.24. The van der Waals surface area contributed by atoms with Gasteiger partial charge in [0.05, 0.1) is 32.3 Å². The van der Waals surface area contributed by atoms with Crippen LogP contribution in [0.5, 0.6) is 0 Å². The summed E-state index contributed by atoms with van der Waals surface area (Å²) in [5.41, 5.74) is -0.773. The van der Waals surface area contributed by atoms with Gasteiger partial charge >= 0.3 is 11.9 Å². The maximum atomic E-state index is 11.3. The van der Waals surface area contributed by atoms with Crippen LogP contribution in [0.25, 0.3) is 0 Å². The third-order valence-corrected chi connectivity index (χ3v) is 2.04. The highest BCUT2D eigenvalue weighted by molar-refractivity contribution is 5.75. The van der Waals surface area contributed by atoms with Gasteiger partial charge in [0.2, 0.25) is 0 Å². The lowest BCUT2D eigenvalue weighted by Crippen LogP contribution is -2.33. The molecule has 1 N–H and O–H groups in total. The van der Waals surface area contributed by atoms with E-state index in [4.69, 9.17) is 14.6 Å². The quantitative estimate of drug-likeness (QED) is 0.645. The van der Waals surface area contributed by atoms with E-state index in [1.807, 2.05) is 0 Å². The largest absolute Gasteiger partial charge is 0.469 e. The van der Waals surface area contributed by atoms with Gasteiger partial charge in [0.1, 0.15) is 6.10 Å². The Hall–Kier alpha value is -1.14. The molecule has 6 nitrogen and oxygen atoms in total. The topological polar surface area (TPSA) is 82.1 Å². The number of rotatable bonds is 7. The van der Waals surface area contributed by atoms with E-state index in [2.05, 4.69) is 4.74 Å². The number of carbonyl (C=O) groups excluding carboxylic acids is 2. The Labute approximate surface area is 101 Å². The van der Waals surface area contributed by atoms with Gasteiger partial charge in [0, 0.05) is 6.92 Å². The number of ether oxygens (including phenoxy) is 3. The van der Waals surface area contributed by atoms with Crippen molar-refractivity contribution in [3.8, 4) is 0 Å². The zero-order chi connectivity index (χ0) is 13.5. The summed E-state index contributed by atoms with van der Waals surface area (Å²) in [4.78, 5) is 22.0. The van der Waals surface area contributed by atoms with Crippen LogP contribution in [0, 0.1) is 5.41 Å². The third-order valence-electron chi connectivity index (χ3n) is 2.04. The van der Waals surface area contributed by atoms with Crippen molar-refractivity contribution in [1.29, 1.82) is 0 Å². The Morgan fingerprint density at radius 3 is 2.35 bits per heavy atom. The van der Waals surface area contributed by atoms with Crippen LogP contribution in [0.15, 0.2) is 0 Å². The van der Waals surface area contributed by atoms with Crippen molar-refractivity contribution in [3.05, 3.63) is 0 Å². The van der Waals surface area contributed by atoms with E-state index >= 15 is 0 Å². The van der Waals surface area contributed by atoms with Gasteiger partial charge < -0.3 is 19.3 Å². The van der Waals surface area contributed by atoms with Crippen LogP contribution < -0.4 is 0 Å². The van der Waals surface area contributed by atoms with Gasteiger partial charge in [-0.3, -0.25) is 9.59 Å². The molecule has 0 radical (unpaired) electrons. The predicted octanol–water partition coefficient (Wildman–Crippen LogP) is 0.126. The summed E-state index contributed by atoms with van der Waals surface area (Å²) in [7, 11) is 1.31. The average Bonchev–Trinajstić information content (AvgIpc) is 2.25. The molecule has 0 aliphatic carbocycles. The van der Waals surface area contributed by atoms with Gasteiger partial charge in [-0.2, -0.15) is 0 Å². The standard InChI is InChI=1S/C11H20O6/c1-8(13)17-9(5-12)6-16-7-11(2,3)10(14)15-4/h9,12H,5-7H2,1-4H3. The molecule has 0 aromatic carbocycles. The molecule has 0 fully saturated rings. The molecule has 0 heterocycles. The molecule has 1 unspecified atom stereocenters. The number of aliphatic hydroxyl groups excluding tert-OH is 1. The van der Waals surface area contributed by atoms with Gasteiger partial charge in [-0.1, -0.05) is 0 Å². The molecule has 0 aromatic heterocycles. The van der Waals surface area contributed by atoms with Crippen molar-refractivity contribution in [1.82, 2.24) is 0 Å². The summed E-state index contributed by atoms with van der Waals surface area (Å²) < 4.78 is 14.6. The molecule has 0 aliphatic rings. The van der Waals surface area contributed by atoms with Crippen LogP contribution in [0.3, 0.4) is 0 Å². The minimum atomic E-state index is -0.773. The second-order valence-corrected chi connectivity index (χ2v) is 4.30. The lowest BCUT2D eigenvalue weighted by atomic mass is 9.95. The molecule has 1 atom stereocenters. The second-order valence-electron chi connectivity index (χ2n) is 4.30. The molecular formula is C11H20O6. The lowest BCUT2D eigenvalue weighted by Gasteiger charge is -2.22. The predicted molar refractivity (Wildman–Crippen MR) is 59.3 cm³/mol. The molecule has 0 spiro atoms. The Morgan fingerprint density at radius 1 is 1.35 bits per heavy atom. The summed E-state index contributed by atoms with van der Waals surface area (Å²) in [6.07, 6.45) is -0.707. The number of aliphatic hydroxyl groups is 1. The van der Waals surface area contributed by atoms with Crippen molar-refractivity contribution in [2.45, 2.75) is 26.9 Å². The number of carbonyl (C=O) groups is 2. The van der Waals surface area contributed by atoms with Gasteiger partial charge in [-0.05, 0) is 13.8 Å². The van der Waals surface area contributed by atoms with Crippen molar-refractivity contribution >= 4 is 11.9 Å². The van der Waals surface area contributed by atoms with Gasteiger partial charge in [0.25, 0.3) is 0 Å². The first-order valence-corrected chi connectivity index (χ1v) is 5.27. The maximum absolute atomic E-state index is 11.3. The monoisotopic (exact) mass is 248 g/mol. The van der Waals surface area contributed by atoms with Crippen molar-refractivity contribution in [3.63, 3.8) is 0 Å². The molecule has 17 heavy (non-hydrogen) atoms. The Morgan fingerprint density at radius 2 is 1.94 bits per heavy atom. The van der Waals surface area contributed by atoms with E-state index in [0.29, 0.717) is 0 Å². The Balaban J connectivity index is 4.03. The molecular weight excluding hydrogens is 228 g/mol. The number of methoxy groups -OCH3 is 1. The zero-order valence-corrected chi connectivity index (χ0v) is 10.7. The first-order chi connectivity index (χ1) is 7.83. The van der Waals surface area contributed by atoms with E-state index in [1.54, 1.807) is 13.8 Å². The fourth-order valence-corrected chi connectivity index (χ4v) is 1.14. The molecule has 0 rings (SSSR count). The van der Waals surface area contributed by atoms with Crippen LogP contribution in [-0.2, 0) is 23.8 Å². The molecule has 0 aromatic rings. The van der Waals surface area contributed by atoms with E-state index in [9.17, 15) is 9.59 Å². The summed E-state index contributed by atoms with van der Waals surface area (Å²) in [6.45, 7) is 4.45. The normalized spacial score (nSPS) is 13.0. The highest BCUT2D eigenvalue weighted by Crippen LogP contribution is 2.17. The van der Waals surface area contributed by atoms with Crippen LogP contribution >= 0.6 is 0 Å². The number of esters is 2. The van der Waals surface area contributed by atoms with Crippen molar-refractivity contribution < 1.29 is 28.9 Å². The molecule has 0 amide bonds. The van der Waals surface area contributed by atoms with E-state index < -0.39 is 17.5 Å². The van der Waals surface area contributed by atoms with Gasteiger partial charge in [-0.15, -0.1) is 0 Å². The average molecular weight is 248 g/mol. The fourth-order valence-electron chi connectivity index (χ4n) is 1.14. The number of hydrogen-bond acceptors (Lipinski definition) is 6. The number of hydrogen-bond donors (Lipinski definition) is 1. The SMILES string of the molecule is COC(=O)C(C)(C)COCC(CO)OC(C)=O. The van der Waals surface area contributed by atoms with Gasteiger partial charge in [-0.25, -0.2) is 0 Å². The van der Waals surface area contributed by atoms with Crippen LogP contribution in [0.1, 0.15) is 20.8 Å². The van der Waals surface area contributed by atoms with E-state index in [1.165, 1.54) is 14.0 Å². The van der Waals surface area contributed by atoms with Crippen LogP contribution in [-0.4, -0.2) is 50.1 Å². The fraction of sp³-hybridized carbons (Fsp3) is 0.818. The Bertz CT molecular complexity index is 261. The van der Waals surface area contributed by atoms with Crippen molar-refractivity contribution in [2.24, 2.45) is 5.41 Å². The summed E-state index contributed by atoms with van der Waals surface area (Å²) in [5.74, 6) is -0.870. The van der Waals surface area contributed by atoms with Crippen LogP contribution in [0.4, 0.5) is 0 Å².